The van der Waals surface area contributed by atoms with Crippen LogP contribution in [-0.4, -0.2) is 52.0 Å². The van der Waals surface area contributed by atoms with Crippen LogP contribution < -0.4 is 9.47 Å². The molecule has 0 radical (unpaired) electrons. The molecule has 1 saturated heterocycles. The molecule has 0 spiro atoms. The minimum absolute atomic E-state index is 0.325. The maximum absolute atomic E-state index is 5.75. The highest BCUT2D eigenvalue weighted by Crippen LogP contribution is 2.54. The molecule has 0 N–H and O–H groups in total. The summed E-state index contributed by atoms with van der Waals surface area (Å²) in [6.45, 7) is 3.61. The average molecular weight is 412 g/mol. The number of allylic oxidation sites excluding steroid dienone is 2. The largest absolute Gasteiger partial charge is 0.497 e. The number of hydrogen-bond acceptors (Lipinski definition) is 5. The van der Waals surface area contributed by atoms with Gasteiger partial charge in [0, 0.05) is 36.9 Å². The first-order valence-electron chi connectivity index (χ1n) is 11.1. The van der Waals surface area contributed by atoms with Gasteiger partial charge >= 0.3 is 0 Å². The number of ether oxygens (including phenoxy) is 4. The zero-order valence-corrected chi connectivity index (χ0v) is 18.7. The third kappa shape index (κ3) is 3.01. The molecular weight excluding hydrogens is 378 g/mol. The van der Waals surface area contributed by atoms with E-state index in [1.54, 1.807) is 28.4 Å². The van der Waals surface area contributed by atoms with Gasteiger partial charge in [-0.05, 0) is 61.4 Å². The van der Waals surface area contributed by atoms with Crippen LogP contribution in [0.1, 0.15) is 43.2 Å². The molecule has 2 fully saturated rings. The number of piperidine rings is 1. The van der Waals surface area contributed by atoms with Crippen molar-refractivity contribution in [1.29, 1.82) is 0 Å². The second-order valence-electron chi connectivity index (χ2n) is 9.19. The summed E-state index contributed by atoms with van der Waals surface area (Å²) in [6.07, 6.45) is 6.95. The molecule has 1 aromatic rings. The third-order valence-corrected chi connectivity index (χ3v) is 7.70. The Hall–Kier alpha value is -2.14. The van der Waals surface area contributed by atoms with Crippen molar-refractivity contribution in [1.82, 2.24) is 4.90 Å². The number of methoxy groups -OCH3 is 4. The van der Waals surface area contributed by atoms with Gasteiger partial charge in [-0.2, -0.15) is 0 Å². The van der Waals surface area contributed by atoms with Crippen molar-refractivity contribution in [2.45, 2.75) is 50.6 Å². The van der Waals surface area contributed by atoms with Crippen LogP contribution in [0.2, 0.25) is 0 Å². The molecule has 162 valence electrons. The van der Waals surface area contributed by atoms with Crippen molar-refractivity contribution in [3.8, 4) is 11.5 Å². The smallest absolute Gasteiger partial charge is 0.161 e. The Labute approximate surface area is 179 Å². The van der Waals surface area contributed by atoms with Crippen LogP contribution in [0.25, 0.3) is 0 Å². The summed E-state index contributed by atoms with van der Waals surface area (Å²) in [5.41, 5.74) is 4.26. The maximum Gasteiger partial charge on any atom is 0.161 e. The van der Waals surface area contributed by atoms with Gasteiger partial charge < -0.3 is 18.9 Å². The third-order valence-electron chi connectivity index (χ3n) is 7.70. The summed E-state index contributed by atoms with van der Waals surface area (Å²) in [5, 5.41) is 0. The van der Waals surface area contributed by atoms with Crippen LogP contribution in [0.4, 0.5) is 0 Å². The van der Waals surface area contributed by atoms with E-state index >= 15 is 0 Å². The summed E-state index contributed by atoms with van der Waals surface area (Å²) in [7, 11) is 6.95. The molecule has 5 aliphatic rings. The molecule has 4 atom stereocenters. The van der Waals surface area contributed by atoms with Gasteiger partial charge in [0.1, 0.15) is 5.76 Å². The number of rotatable bonds is 6. The first-order chi connectivity index (χ1) is 14.6. The molecule has 0 amide bonds. The monoisotopic (exact) mass is 411 g/mol. The molecule has 5 nitrogen and oxygen atoms in total. The average Bonchev–Trinajstić information content (AvgIpc) is 3.61. The Morgan fingerprint density at radius 1 is 0.933 bits per heavy atom. The topological polar surface area (TPSA) is 40.2 Å². The van der Waals surface area contributed by atoms with E-state index in [-0.39, 0.29) is 0 Å². The summed E-state index contributed by atoms with van der Waals surface area (Å²) in [6, 6.07) is 5.34. The Morgan fingerprint density at radius 3 is 2.30 bits per heavy atom. The summed E-state index contributed by atoms with van der Waals surface area (Å²) in [5.74, 6) is 5.12. The fraction of sp³-hybridized carbons (Fsp3) is 0.600. The van der Waals surface area contributed by atoms with E-state index in [4.69, 9.17) is 18.9 Å². The van der Waals surface area contributed by atoms with Crippen molar-refractivity contribution in [3.05, 3.63) is 46.4 Å². The van der Waals surface area contributed by atoms with Crippen molar-refractivity contribution >= 4 is 0 Å². The van der Waals surface area contributed by atoms with Gasteiger partial charge in [0.25, 0.3) is 0 Å². The van der Waals surface area contributed by atoms with Gasteiger partial charge in [0.15, 0.2) is 17.3 Å². The minimum atomic E-state index is 0.325. The zero-order chi connectivity index (χ0) is 21.0. The molecule has 3 aliphatic carbocycles. The molecule has 6 rings (SSSR count). The lowest BCUT2D eigenvalue weighted by Gasteiger charge is -2.50. The quantitative estimate of drug-likeness (QED) is 0.699. The lowest BCUT2D eigenvalue weighted by atomic mass is 9.70. The number of hydrogen-bond donors (Lipinski definition) is 0. The van der Waals surface area contributed by atoms with Gasteiger partial charge in [-0.15, -0.1) is 0 Å². The van der Waals surface area contributed by atoms with Gasteiger partial charge in [0.05, 0.1) is 28.4 Å². The number of benzene rings is 1. The maximum atomic E-state index is 5.75. The van der Waals surface area contributed by atoms with E-state index in [0.29, 0.717) is 23.9 Å². The Balaban J connectivity index is 1.67. The SMILES string of the molecule is COC1=C(OC)C[C@@H]2C(=C1)[C@@H]1c3cc(OC)c(OC)cc3C[C@@H]2N(CC2CC2)[C@@H]1C. The molecule has 0 unspecified atom stereocenters. The molecule has 30 heavy (non-hydrogen) atoms. The van der Waals surface area contributed by atoms with E-state index in [1.807, 2.05) is 0 Å². The van der Waals surface area contributed by atoms with Crippen LogP contribution in [-0.2, 0) is 15.9 Å². The van der Waals surface area contributed by atoms with Gasteiger partial charge in [-0.25, -0.2) is 0 Å². The van der Waals surface area contributed by atoms with Crippen LogP contribution >= 0.6 is 0 Å². The number of nitrogens with zero attached hydrogens (tertiary/aromatic N) is 1. The van der Waals surface area contributed by atoms with Crippen molar-refractivity contribution in [2.24, 2.45) is 11.8 Å². The van der Waals surface area contributed by atoms with Crippen LogP contribution in [0.15, 0.2) is 35.3 Å². The van der Waals surface area contributed by atoms with Crippen molar-refractivity contribution in [3.63, 3.8) is 0 Å². The predicted molar refractivity (Wildman–Crippen MR) is 116 cm³/mol. The van der Waals surface area contributed by atoms with Crippen molar-refractivity contribution < 1.29 is 18.9 Å². The fourth-order valence-electron chi connectivity index (χ4n) is 6.02. The zero-order valence-electron chi connectivity index (χ0n) is 18.7. The molecule has 2 aliphatic heterocycles. The van der Waals surface area contributed by atoms with Crippen LogP contribution in [0.3, 0.4) is 0 Å². The van der Waals surface area contributed by atoms with E-state index in [1.165, 1.54) is 36.1 Å². The lowest BCUT2D eigenvalue weighted by Crippen LogP contribution is -2.54. The highest BCUT2D eigenvalue weighted by Gasteiger charge is 2.50. The minimum Gasteiger partial charge on any atom is -0.497 e. The Morgan fingerprint density at radius 2 is 1.67 bits per heavy atom. The van der Waals surface area contributed by atoms with E-state index in [2.05, 4.69) is 30.0 Å². The van der Waals surface area contributed by atoms with Crippen LogP contribution in [0.5, 0.6) is 11.5 Å². The van der Waals surface area contributed by atoms with E-state index < -0.39 is 0 Å². The fourth-order valence-corrected chi connectivity index (χ4v) is 6.02. The molecule has 0 aromatic heterocycles. The molecule has 1 aromatic carbocycles. The summed E-state index contributed by atoms with van der Waals surface area (Å²) in [4.78, 5) is 2.80. The van der Waals surface area contributed by atoms with E-state index in [0.717, 1.165) is 41.8 Å². The second-order valence-corrected chi connectivity index (χ2v) is 9.19. The lowest BCUT2D eigenvalue weighted by molar-refractivity contribution is 0.0577. The number of fused-ring (bicyclic) bond motifs is 1. The van der Waals surface area contributed by atoms with Gasteiger partial charge in [-0.3, -0.25) is 4.90 Å². The molecule has 1 saturated carbocycles. The Kier molecular flexibility index (Phi) is 4.97. The Bertz CT molecular complexity index is 901. The standard InChI is InChI=1S/C25H33NO4/c1-14-25-17-10-22(28-3)21(27-2)9-16(17)8-20(26(14)13-15-6-7-15)18-11-23(29-4)24(30-5)12-19(18)25/h9-10,12,14-15,18,20,25H,6-8,11,13H2,1-5H3/t14-,18-,20+,25+/m1/s1. The second kappa shape index (κ2) is 7.52. The first kappa shape index (κ1) is 19.8. The highest BCUT2D eigenvalue weighted by atomic mass is 16.5. The van der Waals surface area contributed by atoms with Crippen molar-refractivity contribution in [2.75, 3.05) is 35.0 Å². The predicted octanol–water partition coefficient (Wildman–Crippen LogP) is 4.28. The normalized spacial score (nSPS) is 30.2. The highest BCUT2D eigenvalue weighted by molar-refractivity contribution is 5.55. The summed E-state index contributed by atoms with van der Waals surface area (Å²) >= 11 is 0. The molecular formula is C25H33NO4. The molecule has 2 heterocycles. The van der Waals surface area contributed by atoms with Crippen LogP contribution in [0, 0.1) is 11.8 Å². The van der Waals surface area contributed by atoms with E-state index in [9.17, 15) is 0 Å². The van der Waals surface area contributed by atoms with Gasteiger partial charge in [0.2, 0.25) is 0 Å². The molecule has 2 bridgehead atoms. The molecule has 5 heteroatoms. The summed E-state index contributed by atoms with van der Waals surface area (Å²) < 4.78 is 22.8. The first-order valence-corrected chi connectivity index (χ1v) is 11.1. The van der Waals surface area contributed by atoms with Gasteiger partial charge in [-0.1, -0.05) is 5.57 Å².